The maximum Gasteiger partial charge on any atom is 0.336 e. The van der Waals surface area contributed by atoms with E-state index >= 15 is 0 Å². The zero-order chi connectivity index (χ0) is 11.8. The predicted molar refractivity (Wildman–Crippen MR) is 72.7 cm³/mol. The average Bonchev–Trinajstić information content (AvgIpc) is 2.37. The van der Waals surface area contributed by atoms with Gasteiger partial charge in [-0.1, -0.05) is 36.4 Å². The first-order valence-corrected chi connectivity index (χ1v) is 5.98. The lowest BCUT2D eigenvalue weighted by molar-refractivity contribution is 0.563. The largest absolute Gasteiger partial charge is 0.422 e. The van der Waals surface area contributed by atoms with Crippen LogP contribution < -0.4 is 5.63 Å². The van der Waals surface area contributed by atoms with Gasteiger partial charge in [0.25, 0.3) is 0 Å². The van der Waals surface area contributed by atoms with Gasteiger partial charge in [0.1, 0.15) is 5.58 Å². The fourth-order valence-electron chi connectivity index (χ4n) is 2.09. The molecule has 1 aromatic heterocycles. The summed E-state index contributed by atoms with van der Waals surface area (Å²) in [5.74, 6) is 0.528. The summed E-state index contributed by atoms with van der Waals surface area (Å²) in [6, 6.07) is 13.4. The second-order valence-corrected chi connectivity index (χ2v) is 4.23. The molecule has 3 rings (SSSR count). The number of thiol groups is 1. The minimum absolute atomic E-state index is 0.321. The highest BCUT2D eigenvalue weighted by Crippen LogP contribution is 2.26. The SMILES string of the molecule is O=c1cc(CS)c2ccc3ccccc3c2o1. The van der Waals surface area contributed by atoms with Crippen molar-refractivity contribution in [3.8, 4) is 0 Å². The van der Waals surface area contributed by atoms with Gasteiger partial charge < -0.3 is 4.42 Å². The molecule has 3 aromatic rings. The van der Waals surface area contributed by atoms with E-state index in [-0.39, 0.29) is 5.63 Å². The van der Waals surface area contributed by atoms with Crippen molar-refractivity contribution in [3.63, 3.8) is 0 Å². The summed E-state index contributed by atoms with van der Waals surface area (Å²) in [6.07, 6.45) is 0. The molecule has 0 amide bonds. The summed E-state index contributed by atoms with van der Waals surface area (Å²) in [7, 11) is 0. The van der Waals surface area contributed by atoms with Crippen molar-refractivity contribution in [2.75, 3.05) is 0 Å². The predicted octanol–water partition coefficient (Wildman–Crippen LogP) is 3.38. The van der Waals surface area contributed by atoms with Crippen molar-refractivity contribution in [1.82, 2.24) is 0 Å². The minimum Gasteiger partial charge on any atom is -0.422 e. The zero-order valence-electron chi connectivity index (χ0n) is 9.01. The van der Waals surface area contributed by atoms with Crippen LogP contribution in [0.2, 0.25) is 0 Å². The molecule has 0 saturated carbocycles. The molecule has 3 heteroatoms. The fraction of sp³-hybridized carbons (Fsp3) is 0.0714. The molecule has 0 bridgehead atoms. The van der Waals surface area contributed by atoms with Crippen LogP contribution >= 0.6 is 12.6 Å². The Hall–Kier alpha value is -1.74. The molecule has 0 unspecified atom stereocenters. The molecule has 1 heterocycles. The van der Waals surface area contributed by atoms with E-state index in [1.807, 2.05) is 36.4 Å². The van der Waals surface area contributed by atoms with E-state index in [2.05, 4.69) is 12.6 Å². The molecule has 0 aliphatic rings. The van der Waals surface area contributed by atoms with E-state index < -0.39 is 0 Å². The lowest BCUT2D eigenvalue weighted by Gasteiger charge is -2.05. The third-order valence-electron chi connectivity index (χ3n) is 2.89. The van der Waals surface area contributed by atoms with E-state index in [1.54, 1.807) is 0 Å². The molecule has 2 nitrogen and oxygen atoms in total. The maximum absolute atomic E-state index is 11.5. The van der Waals surface area contributed by atoms with E-state index in [9.17, 15) is 4.79 Å². The van der Waals surface area contributed by atoms with Crippen molar-refractivity contribution in [3.05, 3.63) is 58.4 Å². The number of rotatable bonds is 1. The van der Waals surface area contributed by atoms with Crippen LogP contribution in [0.1, 0.15) is 5.56 Å². The Morgan fingerprint density at radius 2 is 1.88 bits per heavy atom. The first kappa shape index (κ1) is 10.4. The summed E-state index contributed by atoms with van der Waals surface area (Å²) in [6.45, 7) is 0. The number of hydrogen-bond acceptors (Lipinski definition) is 3. The molecule has 17 heavy (non-hydrogen) atoms. The molecule has 0 saturated heterocycles. The van der Waals surface area contributed by atoms with Crippen LogP contribution in [0.3, 0.4) is 0 Å². The van der Waals surface area contributed by atoms with Gasteiger partial charge in [-0.05, 0) is 10.9 Å². The highest BCUT2D eigenvalue weighted by molar-refractivity contribution is 7.79. The topological polar surface area (TPSA) is 30.2 Å². The molecule has 0 aliphatic heterocycles. The molecular formula is C14H10O2S. The van der Waals surface area contributed by atoms with Crippen molar-refractivity contribution in [2.45, 2.75) is 5.75 Å². The van der Waals surface area contributed by atoms with Crippen LogP contribution in [-0.4, -0.2) is 0 Å². The number of hydrogen-bond donors (Lipinski definition) is 1. The smallest absolute Gasteiger partial charge is 0.336 e. The van der Waals surface area contributed by atoms with Crippen LogP contribution in [0.25, 0.3) is 21.7 Å². The number of benzene rings is 2. The van der Waals surface area contributed by atoms with Gasteiger partial charge in [-0.15, -0.1) is 0 Å². The second-order valence-electron chi connectivity index (χ2n) is 3.91. The van der Waals surface area contributed by atoms with Gasteiger partial charge in [0.2, 0.25) is 0 Å². The van der Waals surface area contributed by atoms with Gasteiger partial charge in [0, 0.05) is 22.6 Å². The van der Waals surface area contributed by atoms with E-state index in [0.717, 1.165) is 21.7 Å². The molecule has 0 radical (unpaired) electrons. The Morgan fingerprint density at radius 1 is 1.06 bits per heavy atom. The van der Waals surface area contributed by atoms with Crippen LogP contribution in [0.4, 0.5) is 0 Å². The summed E-state index contributed by atoms with van der Waals surface area (Å²) < 4.78 is 5.33. The average molecular weight is 242 g/mol. The molecular weight excluding hydrogens is 232 g/mol. The van der Waals surface area contributed by atoms with Crippen LogP contribution in [-0.2, 0) is 5.75 Å². The Labute approximate surface area is 103 Å². The molecule has 0 fully saturated rings. The normalized spacial score (nSPS) is 11.1. The Bertz CT molecular complexity index is 759. The van der Waals surface area contributed by atoms with Crippen molar-refractivity contribution in [1.29, 1.82) is 0 Å². The van der Waals surface area contributed by atoms with E-state index in [0.29, 0.717) is 11.3 Å². The van der Waals surface area contributed by atoms with Gasteiger partial charge in [0.05, 0.1) is 0 Å². The Kier molecular flexibility index (Phi) is 2.41. The Morgan fingerprint density at radius 3 is 2.71 bits per heavy atom. The van der Waals surface area contributed by atoms with Gasteiger partial charge in [0.15, 0.2) is 0 Å². The molecule has 84 valence electrons. The molecule has 0 aliphatic carbocycles. The highest BCUT2D eigenvalue weighted by Gasteiger charge is 2.07. The maximum atomic E-state index is 11.5. The van der Waals surface area contributed by atoms with Crippen molar-refractivity contribution < 1.29 is 4.42 Å². The van der Waals surface area contributed by atoms with Crippen LogP contribution in [0.15, 0.2) is 51.7 Å². The molecule has 0 N–H and O–H groups in total. The second kappa shape index (κ2) is 3.93. The van der Waals surface area contributed by atoms with E-state index in [4.69, 9.17) is 4.42 Å². The lowest BCUT2D eigenvalue weighted by atomic mass is 10.0. The van der Waals surface area contributed by atoms with Crippen molar-refractivity contribution in [2.24, 2.45) is 0 Å². The monoisotopic (exact) mass is 242 g/mol. The third kappa shape index (κ3) is 1.63. The molecule has 0 spiro atoms. The molecule has 2 aromatic carbocycles. The van der Waals surface area contributed by atoms with Gasteiger partial charge in [-0.25, -0.2) is 4.79 Å². The van der Waals surface area contributed by atoms with Crippen LogP contribution in [0.5, 0.6) is 0 Å². The first-order chi connectivity index (χ1) is 8.29. The number of fused-ring (bicyclic) bond motifs is 3. The molecule has 0 atom stereocenters. The Balaban J connectivity index is 2.58. The first-order valence-electron chi connectivity index (χ1n) is 5.35. The summed E-state index contributed by atoms with van der Waals surface area (Å²) in [5.41, 5.74) is 1.24. The lowest BCUT2D eigenvalue weighted by Crippen LogP contribution is -1.99. The van der Waals surface area contributed by atoms with Gasteiger partial charge >= 0.3 is 5.63 Å². The minimum atomic E-state index is -0.321. The van der Waals surface area contributed by atoms with Crippen molar-refractivity contribution >= 4 is 34.4 Å². The third-order valence-corrected chi connectivity index (χ3v) is 3.23. The van der Waals surface area contributed by atoms with E-state index in [1.165, 1.54) is 6.07 Å². The fourth-order valence-corrected chi connectivity index (χ4v) is 2.35. The summed E-state index contributed by atoms with van der Waals surface area (Å²) in [4.78, 5) is 11.5. The zero-order valence-corrected chi connectivity index (χ0v) is 9.91. The van der Waals surface area contributed by atoms with Gasteiger partial charge in [-0.2, -0.15) is 12.6 Å². The summed E-state index contributed by atoms with van der Waals surface area (Å²) >= 11 is 4.25. The summed E-state index contributed by atoms with van der Waals surface area (Å²) in [5, 5.41) is 2.99. The standard InChI is InChI=1S/C14H10O2S/c15-13-7-10(8-17)12-6-5-9-3-1-2-4-11(9)14(12)16-13/h1-7,17H,8H2. The van der Waals surface area contributed by atoms with Gasteiger partial charge in [-0.3, -0.25) is 0 Å². The van der Waals surface area contributed by atoms with Crippen LogP contribution in [0, 0.1) is 0 Å². The highest BCUT2D eigenvalue weighted by atomic mass is 32.1. The quantitative estimate of drug-likeness (QED) is 0.403.